The number of sulfonamides is 1. The minimum absolute atomic E-state index is 0.0687. The summed E-state index contributed by atoms with van der Waals surface area (Å²) in [6.07, 6.45) is 1.70. The van der Waals surface area contributed by atoms with E-state index in [-0.39, 0.29) is 6.04 Å². The average molecular weight is 316 g/mol. The Balaban J connectivity index is 1.94. The second-order valence-electron chi connectivity index (χ2n) is 5.66. The summed E-state index contributed by atoms with van der Waals surface area (Å²) in [5.74, 6) is 0. The average Bonchev–Trinajstić information content (AvgIpc) is 2.56. The predicted molar refractivity (Wildman–Crippen MR) is 87.8 cm³/mol. The van der Waals surface area contributed by atoms with Crippen LogP contribution in [0.5, 0.6) is 0 Å². The highest BCUT2D eigenvalue weighted by Gasteiger charge is 2.28. The molecule has 1 heterocycles. The standard InChI is InChI=1S/C17H20N2O2S/c18-16-9-5-11-19(13-16)22(20,21)17-10-4-8-15(12-17)14-6-2-1-3-7-14/h1-4,6-8,10,12,16H,5,9,11,13,18H2/t16-/m1/s1. The maximum Gasteiger partial charge on any atom is 0.243 e. The van der Waals surface area contributed by atoms with E-state index >= 15 is 0 Å². The van der Waals surface area contributed by atoms with E-state index in [0.29, 0.717) is 18.0 Å². The lowest BCUT2D eigenvalue weighted by molar-refractivity contribution is 0.316. The van der Waals surface area contributed by atoms with E-state index < -0.39 is 10.0 Å². The normalized spacial score (nSPS) is 20.0. The molecule has 3 rings (SSSR count). The molecule has 0 aromatic heterocycles. The van der Waals surface area contributed by atoms with Gasteiger partial charge >= 0.3 is 0 Å². The van der Waals surface area contributed by atoms with Crippen molar-refractivity contribution in [2.45, 2.75) is 23.8 Å². The SMILES string of the molecule is N[C@@H]1CCCN(S(=O)(=O)c2cccc(-c3ccccc3)c2)C1. The van der Waals surface area contributed by atoms with Crippen LogP contribution in [-0.4, -0.2) is 31.9 Å². The third kappa shape index (κ3) is 3.06. The van der Waals surface area contributed by atoms with Crippen molar-refractivity contribution in [1.29, 1.82) is 0 Å². The quantitative estimate of drug-likeness (QED) is 0.946. The fraction of sp³-hybridized carbons (Fsp3) is 0.294. The molecule has 0 saturated carbocycles. The van der Waals surface area contributed by atoms with Crippen LogP contribution in [0.2, 0.25) is 0 Å². The van der Waals surface area contributed by atoms with Crippen LogP contribution in [0.15, 0.2) is 59.5 Å². The van der Waals surface area contributed by atoms with Gasteiger partial charge in [0.05, 0.1) is 4.90 Å². The topological polar surface area (TPSA) is 63.4 Å². The summed E-state index contributed by atoms with van der Waals surface area (Å²) in [5.41, 5.74) is 7.83. The van der Waals surface area contributed by atoms with Crippen molar-refractivity contribution in [2.75, 3.05) is 13.1 Å². The van der Waals surface area contributed by atoms with Crippen molar-refractivity contribution in [1.82, 2.24) is 4.31 Å². The molecule has 22 heavy (non-hydrogen) atoms. The first-order valence-corrected chi connectivity index (χ1v) is 8.92. The summed E-state index contributed by atoms with van der Waals surface area (Å²) in [4.78, 5) is 0.336. The number of hydrogen-bond acceptors (Lipinski definition) is 3. The summed E-state index contributed by atoms with van der Waals surface area (Å²) >= 11 is 0. The zero-order valence-electron chi connectivity index (χ0n) is 12.4. The first kappa shape index (κ1) is 15.2. The molecule has 1 atom stereocenters. The Morgan fingerprint density at radius 3 is 2.45 bits per heavy atom. The molecule has 2 aromatic carbocycles. The van der Waals surface area contributed by atoms with Gasteiger partial charge in [-0.15, -0.1) is 0 Å². The van der Waals surface area contributed by atoms with Gasteiger partial charge in [0, 0.05) is 19.1 Å². The molecule has 0 radical (unpaired) electrons. The van der Waals surface area contributed by atoms with E-state index in [4.69, 9.17) is 5.73 Å². The monoisotopic (exact) mass is 316 g/mol. The van der Waals surface area contributed by atoms with Gasteiger partial charge in [0.25, 0.3) is 0 Å². The van der Waals surface area contributed by atoms with Gasteiger partial charge in [-0.05, 0) is 36.1 Å². The number of piperidine rings is 1. The van der Waals surface area contributed by atoms with Crippen molar-refractivity contribution in [3.05, 3.63) is 54.6 Å². The van der Waals surface area contributed by atoms with Gasteiger partial charge in [0.15, 0.2) is 0 Å². The molecule has 2 aromatic rings. The highest BCUT2D eigenvalue weighted by atomic mass is 32.2. The molecule has 0 unspecified atom stereocenters. The van der Waals surface area contributed by atoms with Gasteiger partial charge in [-0.25, -0.2) is 8.42 Å². The van der Waals surface area contributed by atoms with Gasteiger partial charge in [-0.2, -0.15) is 4.31 Å². The molecular weight excluding hydrogens is 296 g/mol. The first-order chi connectivity index (χ1) is 10.6. The lowest BCUT2D eigenvalue weighted by atomic mass is 10.1. The molecule has 1 aliphatic heterocycles. The lowest BCUT2D eigenvalue weighted by Gasteiger charge is -2.30. The fourth-order valence-electron chi connectivity index (χ4n) is 2.81. The Morgan fingerprint density at radius 1 is 1.00 bits per heavy atom. The highest BCUT2D eigenvalue weighted by Crippen LogP contribution is 2.25. The van der Waals surface area contributed by atoms with Crippen LogP contribution in [0.3, 0.4) is 0 Å². The smallest absolute Gasteiger partial charge is 0.243 e. The van der Waals surface area contributed by atoms with E-state index in [1.54, 1.807) is 18.2 Å². The molecule has 0 spiro atoms. The summed E-state index contributed by atoms with van der Waals surface area (Å²) in [6.45, 7) is 0.948. The van der Waals surface area contributed by atoms with E-state index in [2.05, 4.69) is 0 Å². The van der Waals surface area contributed by atoms with Crippen LogP contribution in [0.4, 0.5) is 0 Å². The van der Waals surface area contributed by atoms with Crippen molar-refractivity contribution >= 4 is 10.0 Å². The Kier molecular flexibility index (Phi) is 4.29. The summed E-state index contributed by atoms with van der Waals surface area (Å²) < 4.78 is 27.1. The van der Waals surface area contributed by atoms with Gasteiger partial charge in [-0.3, -0.25) is 0 Å². The second kappa shape index (κ2) is 6.20. The van der Waals surface area contributed by atoms with E-state index in [9.17, 15) is 8.42 Å². The zero-order valence-corrected chi connectivity index (χ0v) is 13.2. The Labute approximate surface area is 131 Å². The number of hydrogen-bond donors (Lipinski definition) is 1. The van der Waals surface area contributed by atoms with Crippen molar-refractivity contribution in [2.24, 2.45) is 5.73 Å². The largest absolute Gasteiger partial charge is 0.327 e. The summed E-state index contributed by atoms with van der Waals surface area (Å²) in [6, 6.07) is 16.8. The summed E-state index contributed by atoms with van der Waals surface area (Å²) in [5, 5.41) is 0. The Hall–Kier alpha value is -1.69. The molecule has 0 aliphatic carbocycles. The number of rotatable bonds is 3. The molecule has 1 aliphatic rings. The van der Waals surface area contributed by atoms with Gasteiger partial charge in [0.1, 0.15) is 0 Å². The van der Waals surface area contributed by atoms with Crippen LogP contribution < -0.4 is 5.73 Å². The first-order valence-electron chi connectivity index (χ1n) is 7.48. The molecule has 0 bridgehead atoms. The molecule has 4 nitrogen and oxygen atoms in total. The summed E-state index contributed by atoms with van der Waals surface area (Å²) in [7, 11) is -3.47. The molecule has 0 amide bonds. The van der Waals surface area contributed by atoms with E-state index in [0.717, 1.165) is 24.0 Å². The zero-order chi connectivity index (χ0) is 15.6. The third-order valence-corrected chi connectivity index (χ3v) is 5.86. The number of nitrogens with zero attached hydrogens (tertiary/aromatic N) is 1. The van der Waals surface area contributed by atoms with Crippen LogP contribution in [0.25, 0.3) is 11.1 Å². The van der Waals surface area contributed by atoms with Crippen LogP contribution in [0, 0.1) is 0 Å². The van der Waals surface area contributed by atoms with Crippen molar-refractivity contribution < 1.29 is 8.42 Å². The highest BCUT2D eigenvalue weighted by molar-refractivity contribution is 7.89. The minimum atomic E-state index is -3.47. The van der Waals surface area contributed by atoms with Crippen LogP contribution in [0.1, 0.15) is 12.8 Å². The molecule has 5 heteroatoms. The molecule has 2 N–H and O–H groups in total. The number of benzene rings is 2. The lowest BCUT2D eigenvalue weighted by Crippen LogP contribution is -2.45. The van der Waals surface area contributed by atoms with Crippen molar-refractivity contribution in [3.8, 4) is 11.1 Å². The van der Waals surface area contributed by atoms with E-state index in [1.165, 1.54) is 4.31 Å². The fourth-order valence-corrected chi connectivity index (χ4v) is 4.39. The predicted octanol–water partition coefficient (Wildman–Crippen LogP) is 2.47. The molecular formula is C17H20N2O2S. The third-order valence-electron chi connectivity index (χ3n) is 4.00. The van der Waals surface area contributed by atoms with Gasteiger partial charge in [0.2, 0.25) is 10.0 Å². The maximum atomic E-state index is 12.8. The van der Waals surface area contributed by atoms with Gasteiger partial charge < -0.3 is 5.73 Å². The Morgan fingerprint density at radius 2 is 1.73 bits per heavy atom. The van der Waals surface area contributed by atoms with Crippen molar-refractivity contribution in [3.63, 3.8) is 0 Å². The van der Waals surface area contributed by atoms with E-state index in [1.807, 2.05) is 36.4 Å². The van der Waals surface area contributed by atoms with Crippen LogP contribution >= 0.6 is 0 Å². The second-order valence-corrected chi connectivity index (χ2v) is 7.60. The number of nitrogens with two attached hydrogens (primary N) is 1. The molecule has 1 fully saturated rings. The maximum absolute atomic E-state index is 12.8. The minimum Gasteiger partial charge on any atom is -0.327 e. The van der Waals surface area contributed by atoms with Gasteiger partial charge in [-0.1, -0.05) is 42.5 Å². The van der Waals surface area contributed by atoms with Crippen LogP contribution in [-0.2, 0) is 10.0 Å². The molecule has 116 valence electrons. The Bertz CT molecular complexity index is 744. The molecule has 1 saturated heterocycles.